The number of amides is 1. The SMILES string of the molecule is COc1ccccc1OCC(=O)NCCNc1ccc(Nc2ccc(C)cn2)nn1. The molecule has 3 rings (SSSR count). The second-order valence-electron chi connectivity index (χ2n) is 6.37. The zero-order valence-electron chi connectivity index (χ0n) is 16.9. The lowest BCUT2D eigenvalue weighted by atomic mass is 10.3. The number of para-hydroxylation sites is 2. The molecule has 0 aliphatic heterocycles. The van der Waals surface area contributed by atoms with E-state index in [0.717, 1.165) is 5.56 Å². The zero-order chi connectivity index (χ0) is 21.2. The Morgan fingerprint density at radius 3 is 2.37 bits per heavy atom. The number of nitrogens with one attached hydrogen (secondary N) is 3. The molecule has 2 aromatic heterocycles. The highest BCUT2D eigenvalue weighted by Gasteiger charge is 2.06. The van der Waals surface area contributed by atoms with Crippen molar-refractivity contribution in [2.45, 2.75) is 6.92 Å². The van der Waals surface area contributed by atoms with Crippen LogP contribution in [0.15, 0.2) is 54.7 Å². The molecule has 0 fully saturated rings. The Hall–Kier alpha value is -3.88. The van der Waals surface area contributed by atoms with Gasteiger partial charge in [0.15, 0.2) is 23.9 Å². The van der Waals surface area contributed by atoms with Crippen LogP contribution in [0.2, 0.25) is 0 Å². The van der Waals surface area contributed by atoms with E-state index in [1.807, 2.05) is 31.2 Å². The van der Waals surface area contributed by atoms with E-state index in [4.69, 9.17) is 9.47 Å². The Morgan fingerprint density at radius 2 is 1.67 bits per heavy atom. The molecule has 2 heterocycles. The molecule has 3 N–H and O–H groups in total. The quantitative estimate of drug-likeness (QED) is 0.439. The molecule has 9 nitrogen and oxygen atoms in total. The van der Waals surface area contributed by atoms with Crippen LogP contribution in [-0.2, 0) is 4.79 Å². The van der Waals surface area contributed by atoms with E-state index < -0.39 is 0 Å². The van der Waals surface area contributed by atoms with Crippen molar-refractivity contribution < 1.29 is 14.3 Å². The summed E-state index contributed by atoms with van der Waals surface area (Å²) in [5.74, 6) is 2.79. The van der Waals surface area contributed by atoms with Crippen LogP contribution in [0.3, 0.4) is 0 Å². The Kier molecular flexibility index (Phi) is 7.37. The number of carbonyl (C=O) groups excluding carboxylic acids is 1. The number of hydrogen-bond acceptors (Lipinski definition) is 8. The maximum absolute atomic E-state index is 11.9. The minimum absolute atomic E-state index is 0.0897. The molecule has 1 amide bonds. The van der Waals surface area contributed by atoms with Gasteiger partial charge >= 0.3 is 0 Å². The summed E-state index contributed by atoms with van der Waals surface area (Å²) in [6.45, 7) is 2.81. The van der Waals surface area contributed by atoms with E-state index in [0.29, 0.717) is 42.0 Å². The number of rotatable bonds is 10. The highest BCUT2D eigenvalue weighted by atomic mass is 16.5. The second kappa shape index (κ2) is 10.6. The molecule has 0 spiro atoms. The van der Waals surface area contributed by atoms with Crippen molar-refractivity contribution >= 4 is 23.4 Å². The number of ether oxygens (including phenoxy) is 2. The molecule has 0 atom stereocenters. The molecule has 30 heavy (non-hydrogen) atoms. The van der Waals surface area contributed by atoms with Crippen molar-refractivity contribution in [2.75, 3.05) is 37.4 Å². The van der Waals surface area contributed by atoms with Crippen molar-refractivity contribution in [2.24, 2.45) is 0 Å². The lowest BCUT2D eigenvalue weighted by Crippen LogP contribution is -2.32. The second-order valence-corrected chi connectivity index (χ2v) is 6.37. The summed E-state index contributed by atoms with van der Waals surface area (Å²) in [6, 6.07) is 14.6. The third-order valence-corrected chi connectivity index (χ3v) is 4.01. The fourth-order valence-corrected chi connectivity index (χ4v) is 2.49. The average Bonchev–Trinajstić information content (AvgIpc) is 2.78. The number of pyridine rings is 1. The first kappa shape index (κ1) is 20.8. The Bertz CT molecular complexity index is 948. The number of benzene rings is 1. The Morgan fingerprint density at radius 1 is 0.933 bits per heavy atom. The number of aryl methyl sites for hydroxylation is 1. The van der Waals surface area contributed by atoms with Crippen molar-refractivity contribution in [3.05, 3.63) is 60.3 Å². The molecule has 0 saturated heterocycles. The molecule has 1 aromatic carbocycles. The van der Waals surface area contributed by atoms with Gasteiger partial charge in [-0.3, -0.25) is 4.79 Å². The Labute approximate surface area is 174 Å². The first-order chi connectivity index (χ1) is 14.6. The van der Waals surface area contributed by atoms with E-state index >= 15 is 0 Å². The molecule has 3 aromatic rings. The Balaban J connectivity index is 1.35. The minimum Gasteiger partial charge on any atom is -0.493 e. The molecule has 0 aliphatic rings. The van der Waals surface area contributed by atoms with Crippen LogP contribution in [0.1, 0.15) is 5.56 Å². The summed E-state index contributed by atoms with van der Waals surface area (Å²) in [7, 11) is 1.55. The zero-order valence-corrected chi connectivity index (χ0v) is 16.9. The predicted octanol–water partition coefficient (Wildman–Crippen LogP) is 2.54. The molecule has 156 valence electrons. The molecule has 0 saturated carbocycles. The first-order valence-corrected chi connectivity index (χ1v) is 9.44. The van der Waals surface area contributed by atoms with Gasteiger partial charge in [-0.25, -0.2) is 4.98 Å². The average molecular weight is 408 g/mol. The molecule has 0 unspecified atom stereocenters. The van der Waals surface area contributed by atoms with Gasteiger partial charge in [0.25, 0.3) is 5.91 Å². The van der Waals surface area contributed by atoms with E-state index in [-0.39, 0.29) is 12.5 Å². The summed E-state index contributed by atoms with van der Waals surface area (Å²) in [6.07, 6.45) is 1.78. The van der Waals surface area contributed by atoms with Gasteiger partial charge in [0.2, 0.25) is 0 Å². The van der Waals surface area contributed by atoms with Crippen molar-refractivity contribution in [1.82, 2.24) is 20.5 Å². The van der Waals surface area contributed by atoms with E-state index in [9.17, 15) is 4.79 Å². The number of methoxy groups -OCH3 is 1. The maximum Gasteiger partial charge on any atom is 0.258 e. The van der Waals surface area contributed by atoms with Crippen molar-refractivity contribution in [3.63, 3.8) is 0 Å². The lowest BCUT2D eigenvalue weighted by molar-refractivity contribution is -0.123. The van der Waals surface area contributed by atoms with Gasteiger partial charge in [-0.05, 0) is 42.8 Å². The molecule has 0 bridgehead atoms. The van der Waals surface area contributed by atoms with Crippen LogP contribution in [0.5, 0.6) is 11.5 Å². The van der Waals surface area contributed by atoms with Gasteiger partial charge < -0.3 is 25.4 Å². The summed E-state index contributed by atoms with van der Waals surface area (Å²) in [5, 5.41) is 17.2. The highest BCUT2D eigenvalue weighted by Crippen LogP contribution is 2.25. The topological polar surface area (TPSA) is 110 Å². The molecular weight excluding hydrogens is 384 g/mol. The summed E-state index contributed by atoms with van der Waals surface area (Å²) < 4.78 is 10.7. The van der Waals surface area contributed by atoms with Crippen LogP contribution < -0.4 is 25.4 Å². The van der Waals surface area contributed by atoms with Gasteiger partial charge in [-0.2, -0.15) is 0 Å². The normalized spacial score (nSPS) is 10.2. The standard InChI is InChI=1S/C21H24N6O3/c1-15-7-8-18(24-13-15)25-20-10-9-19(26-27-20)22-11-12-23-21(28)14-30-17-6-4-3-5-16(17)29-2/h3-10,13H,11-12,14H2,1-2H3,(H,22,26)(H,23,28)(H,24,25,27). The molecule has 0 radical (unpaired) electrons. The largest absolute Gasteiger partial charge is 0.493 e. The van der Waals surface area contributed by atoms with E-state index in [1.165, 1.54) is 0 Å². The fraction of sp³-hybridized carbons (Fsp3) is 0.238. The van der Waals surface area contributed by atoms with Crippen molar-refractivity contribution in [1.29, 1.82) is 0 Å². The van der Waals surface area contributed by atoms with Gasteiger partial charge in [-0.1, -0.05) is 18.2 Å². The fourth-order valence-electron chi connectivity index (χ4n) is 2.49. The smallest absolute Gasteiger partial charge is 0.258 e. The minimum atomic E-state index is -0.223. The van der Waals surface area contributed by atoms with Crippen LogP contribution in [0, 0.1) is 6.92 Å². The van der Waals surface area contributed by atoms with Crippen LogP contribution in [-0.4, -0.2) is 47.9 Å². The number of anilines is 3. The van der Waals surface area contributed by atoms with E-state index in [2.05, 4.69) is 31.1 Å². The molecule has 0 aliphatic carbocycles. The third kappa shape index (κ3) is 6.33. The highest BCUT2D eigenvalue weighted by molar-refractivity contribution is 5.77. The van der Waals surface area contributed by atoms with Crippen LogP contribution in [0.25, 0.3) is 0 Å². The first-order valence-electron chi connectivity index (χ1n) is 9.44. The van der Waals surface area contributed by atoms with Gasteiger partial charge in [0, 0.05) is 19.3 Å². The van der Waals surface area contributed by atoms with Gasteiger partial charge in [0.05, 0.1) is 7.11 Å². The lowest BCUT2D eigenvalue weighted by Gasteiger charge is -2.11. The van der Waals surface area contributed by atoms with Crippen LogP contribution in [0.4, 0.5) is 17.5 Å². The van der Waals surface area contributed by atoms with Crippen LogP contribution >= 0.6 is 0 Å². The molecule has 9 heteroatoms. The van der Waals surface area contributed by atoms with Gasteiger partial charge in [0.1, 0.15) is 11.6 Å². The number of hydrogen-bond donors (Lipinski definition) is 3. The predicted molar refractivity (Wildman–Crippen MR) is 114 cm³/mol. The number of carbonyl (C=O) groups is 1. The van der Waals surface area contributed by atoms with Gasteiger partial charge in [-0.15, -0.1) is 10.2 Å². The summed E-state index contributed by atoms with van der Waals surface area (Å²) >= 11 is 0. The summed E-state index contributed by atoms with van der Waals surface area (Å²) in [4.78, 5) is 16.2. The van der Waals surface area contributed by atoms with E-state index in [1.54, 1.807) is 37.6 Å². The number of aromatic nitrogens is 3. The number of nitrogens with zero attached hydrogens (tertiary/aromatic N) is 3. The maximum atomic E-state index is 11.9. The molecular formula is C21H24N6O3. The monoisotopic (exact) mass is 408 g/mol. The third-order valence-electron chi connectivity index (χ3n) is 4.01. The summed E-state index contributed by atoms with van der Waals surface area (Å²) in [5.41, 5.74) is 1.09. The van der Waals surface area contributed by atoms with Crippen molar-refractivity contribution in [3.8, 4) is 11.5 Å².